The summed E-state index contributed by atoms with van der Waals surface area (Å²) < 4.78 is 0. The summed E-state index contributed by atoms with van der Waals surface area (Å²) in [6, 6.07) is 18.0. The van der Waals surface area contributed by atoms with Crippen molar-refractivity contribution in [2.75, 3.05) is 0 Å². The van der Waals surface area contributed by atoms with Crippen LogP contribution >= 0.6 is 0 Å². The number of aromatic hydroxyl groups is 1. The molecule has 2 aromatic rings. The van der Waals surface area contributed by atoms with Gasteiger partial charge in [0, 0.05) is 17.0 Å². The van der Waals surface area contributed by atoms with Crippen LogP contribution in [-0.2, 0) is 0 Å². The van der Waals surface area contributed by atoms with Gasteiger partial charge in [0.25, 0.3) is 0 Å². The first-order valence-electron chi connectivity index (χ1n) is 8.48. The summed E-state index contributed by atoms with van der Waals surface area (Å²) >= 11 is 0. The molecule has 0 aliphatic rings. The van der Waals surface area contributed by atoms with Crippen LogP contribution in [0.2, 0.25) is 0 Å². The average molecular weight is 311 g/mol. The molecule has 0 aliphatic carbocycles. The summed E-state index contributed by atoms with van der Waals surface area (Å²) in [6.45, 7) is 8.75. The van der Waals surface area contributed by atoms with Crippen LogP contribution in [0.1, 0.15) is 51.2 Å². The molecule has 0 heterocycles. The van der Waals surface area contributed by atoms with E-state index >= 15 is 0 Å². The lowest BCUT2D eigenvalue weighted by Crippen LogP contribution is -2.51. The van der Waals surface area contributed by atoms with E-state index in [1.165, 1.54) is 5.56 Å². The number of benzene rings is 2. The standard InChI is InChI=1S/C21H29NO/c1-15(2)21(22,16(3)4)14-19(17-10-6-5-7-11-17)18-12-8-9-13-20(18)23/h5-13,15-16,19,23H,14,22H2,1-4H3. The zero-order valence-corrected chi connectivity index (χ0v) is 14.7. The van der Waals surface area contributed by atoms with Gasteiger partial charge in [-0.15, -0.1) is 0 Å². The lowest BCUT2D eigenvalue weighted by atomic mass is 9.69. The van der Waals surface area contributed by atoms with Gasteiger partial charge in [-0.05, 0) is 29.9 Å². The molecule has 3 N–H and O–H groups in total. The highest BCUT2D eigenvalue weighted by Gasteiger charge is 2.36. The second-order valence-corrected chi connectivity index (χ2v) is 7.15. The van der Waals surface area contributed by atoms with Gasteiger partial charge in [-0.3, -0.25) is 0 Å². The number of hydrogen-bond donors (Lipinski definition) is 2. The van der Waals surface area contributed by atoms with Gasteiger partial charge in [0.15, 0.2) is 0 Å². The van der Waals surface area contributed by atoms with E-state index in [1.807, 2.05) is 36.4 Å². The minimum absolute atomic E-state index is 0.0900. The van der Waals surface area contributed by atoms with E-state index < -0.39 is 0 Å². The molecule has 0 saturated heterocycles. The van der Waals surface area contributed by atoms with Crippen molar-refractivity contribution in [1.29, 1.82) is 0 Å². The van der Waals surface area contributed by atoms with Crippen LogP contribution in [0.25, 0.3) is 0 Å². The summed E-state index contributed by atoms with van der Waals surface area (Å²) in [5.41, 5.74) is 8.69. The van der Waals surface area contributed by atoms with Crippen LogP contribution in [0, 0.1) is 11.8 Å². The number of hydrogen-bond acceptors (Lipinski definition) is 2. The van der Waals surface area contributed by atoms with Crippen molar-refractivity contribution in [3.63, 3.8) is 0 Å². The normalized spacial score (nSPS) is 13.5. The van der Waals surface area contributed by atoms with E-state index in [-0.39, 0.29) is 11.5 Å². The SMILES string of the molecule is CC(C)C(N)(CC(c1ccccc1)c1ccccc1O)C(C)C. The maximum absolute atomic E-state index is 10.4. The molecule has 0 fully saturated rings. The quantitative estimate of drug-likeness (QED) is 0.795. The van der Waals surface area contributed by atoms with E-state index in [4.69, 9.17) is 5.73 Å². The first-order valence-corrected chi connectivity index (χ1v) is 8.48. The molecule has 0 aliphatic heterocycles. The molecular formula is C21H29NO. The van der Waals surface area contributed by atoms with Crippen LogP contribution in [0.3, 0.4) is 0 Å². The molecule has 2 nitrogen and oxygen atoms in total. The Kier molecular flexibility index (Phi) is 5.48. The van der Waals surface area contributed by atoms with Crippen molar-refractivity contribution in [3.05, 3.63) is 65.7 Å². The Morgan fingerprint density at radius 2 is 1.39 bits per heavy atom. The molecule has 0 spiro atoms. The maximum atomic E-state index is 10.4. The fraction of sp³-hybridized carbons (Fsp3) is 0.429. The van der Waals surface area contributed by atoms with Crippen molar-refractivity contribution in [3.8, 4) is 5.75 Å². The lowest BCUT2D eigenvalue weighted by molar-refractivity contribution is 0.199. The predicted molar refractivity (Wildman–Crippen MR) is 97.6 cm³/mol. The molecule has 0 radical (unpaired) electrons. The van der Waals surface area contributed by atoms with Crippen molar-refractivity contribution in [2.45, 2.75) is 45.6 Å². The van der Waals surface area contributed by atoms with Gasteiger partial charge in [-0.2, -0.15) is 0 Å². The highest BCUT2D eigenvalue weighted by molar-refractivity contribution is 5.41. The molecule has 1 unspecified atom stereocenters. The average Bonchev–Trinajstić information content (AvgIpc) is 2.53. The van der Waals surface area contributed by atoms with E-state index in [0.29, 0.717) is 17.6 Å². The third kappa shape index (κ3) is 3.76. The van der Waals surface area contributed by atoms with E-state index in [0.717, 1.165) is 12.0 Å². The summed E-state index contributed by atoms with van der Waals surface area (Å²) in [5.74, 6) is 1.16. The first-order chi connectivity index (χ1) is 10.9. The summed E-state index contributed by atoms with van der Waals surface area (Å²) in [6.07, 6.45) is 0.809. The van der Waals surface area contributed by atoms with Gasteiger partial charge < -0.3 is 10.8 Å². The van der Waals surface area contributed by atoms with Crippen LogP contribution in [0.15, 0.2) is 54.6 Å². The Balaban J connectivity index is 2.49. The number of phenols is 1. The molecule has 0 bridgehead atoms. The van der Waals surface area contributed by atoms with Gasteiger partial charge in [-0.1, -0.05) is 76.2 Å². The monoisotopic (exact) mass is 311 g/mol. The number of nitrogens with two attached hydrogens (primary N) is 1. The van der Waals surface area contributed by atoms with Crippen LogP contribution in [0.5, 0.6) is 5.75 Å². The predicted octanol–water partition coefficient (Wildman–Crippen LogP) is 4.92. The molecule has 124 valence electrons. The fourth-order valence-electron chi connectivity index (χ4n) is 3.37. The Labute approximate surface area is 140 Å². The van der Waals surface area contributed by atoms with Gasteiger partial charge in [0.1, 0.15) is 5.75 Å². The third-order valence-electron chi connectivity index (χ3n) is 5.22. The molecule has 0 aromatic heterocycles. The topological polar surface area (TPSA) is 46.2 Å². The zero-order valence-electron chi connectivity index (χ0n) is 14.7. The number of para-hydroxylation sites is 1. The van der Waals surface area contributed by atoms with Crippen LogP contribution in [-0.4, -0.2) is 10.6 Å². The molecular weight excluding hydrogens is 282 g/mol. The Bertz CT molecular complexity index is 611. The van der Waals surface area contributed by atoms with Gasteiger partial charge >= 0.3 is 0 Å². The Morgan fingerprint density at radius 1 is 0.870 bits per heavy atom. The summed E-state index contributed by atoms with van der Waals surface area (Å²) in [7, 11) is 0. The van der Waals surface area contributed by atoms with Crippen LogP contribution in [0.4, 0.5) is 0 Å². The molecule has 2 rings (SSSR count). The molecule has 0 saturated carbocycles. The number of phenolic OH excluding ortho intramolecular Hbond substituents is 1. The highest BCUT2D eigenvalue weighted by Crippen LogP contribution is 2.40. The minimum atomic E-state index is -0.289. The largest absolute Gasteiger partial charge is 0.508 e. The molecule has 2 aromatic carbocycles. The molecule has 2 heteroatoms. The second kappa shape index (κ2) is 7.18. The summed E-state index contributed by atoms with van der Waals surface area (Å²) in [4.78, 5) is 0. The minimum Gasteiger partial charge on any atom is -0.508 e. The Morgan fingerprint density at radius 3 is 1.91 bits per heavy atom. The van der Waals surface area contributed by atoms with Crippen LogP contribution < -0.4 is 5.73 Å². The third-order valence-corrected chi connectivity index (χ3v) is 5.22. The van der Waals surface area contributed by atoms with Gasteiger partial charge in [0.05, 0.1) is 0 Å². The fourth-order valence-corrected chi connectivity index (χ4v) is 3.37. The Hall–Kier alpha value is -1.80. The van der Waals surface area contributed by atoms with Gasteiger partial charge in [0.2, 0.25) is 0 Å². The molecule has 1 atom stereocenters. The smallest absolute Gasteiger partial charge is 0.119 e. The van der Waals surface area contributed by atoms with Crippen molar-refractivity contribution < 1.29 is 5.11 Å². The van der Waals surface area contributed by atoms with E-state index in [2.05, 4.69) is 39.8 Å². The van der Waals surface area contributed by atoms with Crippen molar-refractivity contribution >= 4 is 0 Å². The molecule has 0 amide bonds. The van der Waals surface area contributed by atoms with E-state index in [9.17, 15) is 5.11 Å². The van der Waals surface area contributed by atoms with Gasteiger partial charge in [-0.25, -0.2) is 0 Å². The lowest BCUT2D eigenvalue weighted by Gasteiger charge is -2.41. The first kappa shape index (κ1) is 17.6. The van der Waals surface area contributed by atoms with Crippen molar-refractivity contribution in [2.24, 2.45) is 17.6 Å². The molecule has 23 heavy (non-hydrogen) atoms. The van der Waals surface area contributed by atoms with E-state index in [1.54, 1.807) is 6.07 Å². The second-order valence-electron chi connectivity index (χ2n) is 7.15. The van der Waals surface area contributed by atoms with Crippen molar-refractivity contribution in [1.82, 2.24) is 0 Å². The number of rotatable bonds is 6. The zero-order chi connectivity index (χ0) is 17.0. The summed E-state index contributed by atoms with van der Waals surface area (Å²) in [5, 5.41) is 10.4. The maximum Gasteiger partial charge on any atom is 0.119 e. The highest BCUT2D eigenvalue weighted by atomic mass is 16.3.